The highest BCUT2D eigenvalue weighted by molar-refractivity contribution is 6.32. The van der Waals surface area contributed by atoms with E-state index >= 15 is 0 Å². The number of carbonyl (C=O) groups is 1. The SMILES string of the molecule is COc1ccc(CN2C(=O)c3cccnc3[C@H]2Nc2cc(Cl)c(OC)cc2OC)cc1. The number of fused-ring (bicyclic) bond motifs is 1. The fraction of sp³-hybridized carbons (Fsp3) is 0.217. The zero-order chi connectivity index (χ0) is 22.0. The van der Waals surface area contributed by atoms with Crippen molar-refractivity contribution < 1.29 is 19.0 Å². The second-order valence-electron chi connectivity index (χ2n) is 6.95. The summed E-state index contributed by atoms with van der Waals surface area (Å²) in [6.07, 6.45) is 1.18. The number of aromatic nitrogens is 1. The molecule has 0 spiro atoms. The maximum atomic E-state index is 13.2. The van der Waals surface area contributed by atoms with Gasteiger partial charge in [0.2, 0.25) is 0 Å². The predicted octanol–water partition coefficient (Wildman–Crippen LogP) is 4.53. The van der Waals surface area contributed by atoms with Crippen molar-refractivity contribution in [1.82, 2.24) is 9.88 Å². The van der Waals surface area contributed by atoms with Crippen molar-refractivity contribution in [3.05, 3.63) is 76.6 Å². The van der Waals surface area contributed by atoms with E-state index in [1.54, 1.807) is 56.7 Å². The van der Waals surface area contributed by atoms with Crippen LogP contribution in [0.25, 0.3) is 0 Å². The number of methoxy groups -OCH3 is 3. The first-order valence-electron chi connectivity index (χ1n) is 9.62. The number of ether oxygens (including phenoxy) is 3. The van der Waals surface area contributed by atoms with Crippen LogP contribution in [0.15, 0.2) is 54.7 Å². The molecule has 0 aliphatic carbocycles. The Morgan fingerprint density at radius 3 is 2.45 bits per heavy atom. The molecular formula is C23H22ClN3O4. The molecule has 0 unspecified atom stereocenters. The van der Waals surface area contributed by atoms with Crippen LogP contribution in [0.3, 0.4) is 0 Å². The second-order valence-corrected chi connectivity index (χ2v) is 7.36. The van der Waals surface area contributed by atoms with Gasteiger partial charge in [-0.05, 0) is 35.9 Å². The topological polar surface area (TPSA) is 72.9 Å². The Kier molecular flexibility index (Phi) is 5.86. The molecule has 1 atom stereocenters. The van der Waals surface area contributed by atoms with Crippen LogP contribution in [-0.2, 0) is 6.54 Å². The molecule has 160 valence electrons. The number of anilines is 1. The van der Waals surface area contributed by atoms with Crippen LogP contribution in [0.5, 0.6) is 17.2 Å². The molecule has 0 bridgehead atoms. The third-order valence-electron chi connectivity index (χ3n) is 5.18. The first-order valence-corrected chi connectivity index (χ1v) is 10.0. The molecule has 3 aromatic rings. The van der Waals surface area contributed by atoms with E-state index in [0.29, 0.717) is 40.0 Å². The maximum absolute atomic E-state index is 13.2. The van der Waals surface area contributed by atoms with Gasteiger partial charge in [-0.1, -0.05) is 23.7 Å². The molecule has 1 N–H and O–H groups in total. The van der Waals surface area contributed by atoms with Gasteiger partial charge in [-0.2, -0.15) is 0 Å². The van der Waals surface area contributed by atoms with Crippen LogP contribution < -0.4 is 19.5 Å². The summed E-state index contributed by atoms with van der Waals surface area (Å²) in [5.74, 6) is 1.70. The molecule has 2 heterocycles. The minimum Gasteiger partial charge on any atom is -0.497 e. The van der Waals surface area contributed by atoms with Crippen LogP contribution >= 0.6 is 11.6 Å². The second kappa shape index (κ2) is 8.73. The normalized spacial score (nSPS) is 14.9. The lowest BCUT2D eigenvalue weighted by Crippen LogP contribution is -2.32. The highest BCUT2D eigenvalue weighted by Gasteiger charge is 2.38. The van der Waals surface area contributed by atoms with Crippen molar-refractivity contribution in [2.75, 3.05) is 26.6 Å². The quantitative estimate of drug-likeness (QED) is 0.583. The number of hydrogen-bond acceptors (Lipinski definition) is 6. The minimum absolute atomic E-state index is 0.102. The zero-order valence-corrected chi connectivity index (χ0v) is 18.1. The summed E-state index contributed by atoms with van der Waals surface area (Å²) in [4.78, 5) is 19.4. The molecule has 1 amide bonds. The van der Waals surface area contributed by atoms with E-state index in [0.717, 1.165) is 11.3 Å². The summed E-state index contributed by atoms with van der Waals surface area (Å²) in [5, 5.41) is 3.81. The lowest BCUT2D eigenvalue weighted by Gasteiger charge is -2.27. The Morgan fingerprint density at radius 2 is 1.77 bits per heavy atom. The van der Waals surface area contributed by atoms with Gasteiger partial charge in [-0.25, -0.2) is 0 Å². The number of pyridine rings is 1. The van der Waals surface area contributed by atoms with E-state index in [-0.39, 0.29) is 5.91 Å². The van der Waals surface area contributed by atoms with Crippen LogP contribution in [-0.4, -0.2) is 37.1 Å². The van der Waals surface area contributed by atoms with E-state index in [9.17, 15) is 4.79 Å². The third kappa shape index (κ3) is 3.96. The summed E-state index contributed by atoms with van der Waals surface area (Å²) in [7, 11) is 4.73. The lowest BCUT2D eigenvalue weighted by atomic mass is 10.2. The average molecular weight is 440 g/mol. The molecule has 0 radical (unpaired) electrons. The summed E-state index contributed by atoms with van der Waals surface area (Å²) in [6, 6.07) is 14.6. The molecule has 1 aliphatic rings. The molecule has 7 nitrogen and oxygen atoms in total. The fourth-order valence-corrected chi connectivity index (χ4v) is 3.83. The highest BCUT2D eigenvalue weighted by atomic mass is 35.5. The van der Waals surface area contributed by atoms with Crippen molar-refractivity contribution in [1.29, 1.82) is 0 Å². The number of rotatable bonds is 7. The van der Waals surface area contributed by atoms with Crippen LogP contribution in [0.1, 0.15) is 27.8 Å². The molecule has 1 aromatic heterocycles. The summed E-state index contributed by atoms with van der Waals surface area (Å²) in [6.45, 7) is 0.392. The standard InChI is InChI=1S/C23H22ClN3O4/c1-29-15-8-6-14(7-9-15)13-27-22(21-16(23(27)28)5-4-10-25-21)26-18-11-17(24)19(30-2)12-20(18)31-3/h4-12,22,26H,13H2,1-3H3/t22-/m0/s1. The molecule has 4 rings (SSSR count). The molecule has 8 heteroatoms. The third-order valence-corrected chi connectivity index (χ3v) is 5.47. The number of benzene rings is 2. The van der Waals surface area contributed by atoms with E-state index in [1.807, 2.05) is 24.3 Å². The largest absolute Gasteiger partial charge is 0.497 e. The summed E-state index contributed by atoms with van der Waals surface area (Å²) < 4.78 is 16.0. The van der Waals surface area contributed by atoms with Crippen LogP contribution in [0.4, 0.5) is 5.69 Å². The average Bonchev–Trinajstić information content (AvgIpc) is 3.06. The van der Waals surface area contributed by atoms with Crippen molar-refractivity contribution in [2.45, 2.75) is 12.7 Å². The number of nitrogens with zero attached hydrogens (tertiary/aromatic N) is 2. The number of amides is 1. The predicted molar refractivity (Wildman–Crippen MR) is 118 cm³/mol. The van der Waals surface area contributed by atoms with Gasteiger partial charge in [-0.15, -0.1) is 0 Å². The van der Waals surface area contributed by atoms with Crippen molar-refractivity contribution in [3.8, 4) is 17.2 Å². The van der Waals surface area contributed by atoms with Gasteiger partial charge in [0.05, 0.1) is 43.3 Å². The van der Waals surface area contributed by atoms with Crippen molar-refractivity contribution >= 4 is 23.2 Å². The molecule has 1 aliphatic heterocycles. The number of hydrogen-bond donors (Lipinski definition) is 1. The maximum Gasteiger partial charge on any atom is 0.258 e. The van der Waals surface area contributed by atoms with Gasteiger partial charge in [0.25, 0.3) is 5.91 Å². The van der Waals surface area contributed by atoms with Crippen LogP contribution in [0.2, 0.25) is 5.02 Å². The molecule has 0 fully saturated rings. The summed E-state index contributed by atoms with van der Waals surface area (Å²) >= 11 is 6.34. The molecule has 0 saturated heterocycles. The Hall–Kier alpha value is -3.45. The fourth-order valence-electron chi connectivity index (χ4n) is 3.59. The zero-order valence-electron chi connectivity index (χ0n) is 17.4. The van der Waals surface area contributed by atoms with Crippen LogP contribution in [0, 0.1) is 0 Å². The highest BCUT2D eigenvalue weighted by Crippen LogP contribution is 2.40. The number of carbonyl (C=O) groups excluding carboxylic acids is 1. The van der Waals surface area contributed by atoms with Gasteiger partial charge in [-0.3, -0.25) is 9.78 Å². The smallest absolute Gasteiger partial charge is 0.258 e. The molecular weight excluding hydrogens is 418 g/mol. The molecule has 2 aromatic carbocycles. The lowest BCUT2D eigenvalue weighted by molar-refractivity contribution is 0.0727. The first kappa shape index (κ1) is 20.8. The Labute approximate surface area is 185 Å². The van der Waals surface area contributed by atoms with Gasteiger partial charge in [0.1, 0.15) is 23.4 Å². The minimum atomic E-state index is -0.496. The molecule has 0 saturated carbocycles. The number of nitrogens with one attached hydrogen (secondary N) is 1. The monoisotopic (exact) mass is 439 g/mol. The van der Waals surface area contributed by atoms with E-state index in [2.05, 4.69) is 10.3 Å². The van der Waals surface area contributed by atoms with E-state index in [4.69, 9.17) is 25.8 Å². The van der Waals surface area contributed by atoms with E-state index in [1.165, 1.54) is 0 Å². The Balaban J connectivity index is 1.70. The Bertz CT molecular complexity index is 1100. The number of halogens is 1. The Morgan fingerprint density at radius 1 is 1.03 bits per heavy atom. The van der Waals surface area contributed by atoms with Crippen molar-refractivity contribution in [3.63, 3.8) is 0 Å². The molecule has 31 heavy (non-hydrogen) atoms. The summed E-state index contributed by atoms with van der Waals surface area (Å²) in [5.41, 5.74) is 2.81. The van der Waals surface area contributed by atoms with Gasteiger partial charge < -0.3 is 24.4 Å². The first-order chi connectivity index (χ1) is 15.0. The van der Waals surface area contributed by atoms with E-state index < -0.39 is 6.17 Å². The van der Waals surface area contributed by atoms with Gasteiger partial charge in [0, 0.05) is 18.8 Å². The van der Waals surface area contributed by atoms with Crippen molar-refractivity contribution in [2.24, 2.45) is 0 Å². The van der Waals surface area contributed by atoms with Gasteiger partial charge >= 0.3 is 0 Å². The van der Waals surface area contributed by atoms with Gasteiger partial charge in [0.15, 0.2) is 0 Å².